The van der Waals surface area contributed by atoms with Crippen LogP contribution in [0.15, 0.2) is 0 Å². The lowest BCUT2D eigenvalue weighted by Gasteiger charge is -2.33. The van der Waals surface area contributed by atoms with Gasteiger partial charge in [0.2, 0.25) is 0 Å². The molecule has 1 saturated carbocycles. The maximum atomic E-state index is 12.4. The van der Waals surface area contributed by atoms with Gasteiger partial charge in [-0.15, -0.1) is 0 Å². The average molecular weight is 292 g/mol. The highest BCUT2D eigenvalue weighted by Gasteiger charge is 2.71. The summed E-state index contributed by atoms with van der Waals surface area (Å²) in [5.74, 6) is -1.98. The summed E-state index contributed by atoms with van der Waals surface area (Å²) in [5, 5.41) is 8.91. The van der Waals surface area contributed by atoms with Crippen molar-refractivity contribution in [2.45, 2.75) is 56.5 Å². The number of halogens is 6. The molecule has 0 bridgehead atoms. The summed E-state index contributed by atoms with van der Waals surface area (Å²) in [6.45, 7) is 0. The fourth-order valence-corrected chi connectivity index (χ4v) is 2.18. The third kappa shape index (κ3) is 3.40. The van der Waals surface area contributed by atoms with Gasteiger partial charge in [-0.2, -0.15) is 26.3 Å². The Morgan fingerprint density at radius 3 is 1.74 bits per heavy atom. The first-order valence-corrected chi connectivity index (χ1v) is 5.87. The molecule has 2 nitrogen and oxygen atoms in total. The van der Waals surface area contributed by atoms with E-state index in [1.807, 2.05) is 0 Å². The smallest absolute Gasteiger partial charge is 0.373 e. The molecule has 0 aromatic heterocycles. The van der Waals surface area contributed by atoms with Gasteiger partial charge < -0.3 is 5.11 Å². The Labute approximate surface area is 105 Å². The molecule has 0 radical (unpaired) electrons. The van der Waals surface area contributed by atoms with E-state index < -0.39 is 36.1 Å². The maximum absolute atomic E-state index is 12.4. The van der Waals surface area contributed by atoms with E-state index in [1.165, 1.54) is 0 Å². The van der Waals surface area contributed by atoms with Crippen LogP contribution in [0, 0.1) is 5.92 Å². The second-order valence-corrected chi connectivity index (χ2v) is 4.83. The van der Waals surface area contributed by atoms with E-state index in [4.69, 9.17) is 5.11 Å². The van der Waals surface area contributed by atoms with E-state index in [1.54, 1.807) is 0 Å². The Morgan fingerprint density at radius 1 is 0.947 bits per heavy atom. The van der Waals surface area contributed by atoms with Crippen LogP contribution in [0.2, 0.25) is 0 Å². The molecule has 0 aromatic rings. The van der Waals surface area contributed by atoms with Crippen molar-refractivity contribution in [3.05, 3.63) is 0 Å². The van der Waals surface area contributed by atoms with Crippen molar-refractivity contribution in [3.8, 4) is 0 Å². The van der Waals surface area contributed by atoms with Gasteiger partial charge in [-0.1, -0.05) is 19.3 Å². The van der Waals surface area contributed by atoms with Crippen LogP contribution in [0.3, 0.4) is 0 Å². The zero-order valence-electron chi connectivity index (χ0n) is 9.94. The minimum absolute atomic E-state index is 0.282. The number of Topliss-reactive ketones (excluding diaryl/α,β-unsaturated/α-hetero) is 1. The molecule has 8 heteroatoms. The van der Waals surface area contributed by atoms with Crippen LogP contribution in [-0.4, -0.2) is 28.8 Å². The topological polar surface area (TPSA) is 37.3 Å². The van der Waals surface area contributed by atoms with Crippen molar-refractivity contribution < 1.29 is 36.2 Å². The van der Waals surface area contributed by atoms with E-state index in [0.29, 0.717) is 12.8 Å². The number of carbonyl (C=O) groups excluding carboxylic acids is 1. The summed E-state index contributed by atoms with van der Waals surface area (Å²) in [4.78, 5) is 11.5. The minimum atomic E-state index is -5.92. The van der Waals surface area contributed by atoms with Crippen molar-refractivity contribution in [3.63, 3.8) is 0 Å². The molecular formula is C11H14F6O2. The Morgan fingerprint density at radius 2 is 1.37 bits per heavy atom. The lowest BCUT2D eigenvalue weighted by Crippen LogP contribution is -2.58. The van der Waals surface area contributed by atoms with E-state index >= 15 is 0 Å². The number of alkyl halides is 6. The van der Waals surface area contributed by atoms with Crippen LogP contribution < -0.4 is 0 Å². The Bertz CT molecular complexity index is 313. The summed E-state index contributed by atoms with van der Waals surface area (Å²) >= 11 is 0. The highest BCUT2D eigenvalue weighted by atomic mass is 19.4. The van der Waals surface area contributed by atoms with Crippen LogP contribution in [-0.2, 0) is 4.79 Å². The van der Waals surface area contributed by atoms with Crippen molar-refractivity contribution in [1.29, 1.82) is 0 Å². The Kier molecular flexibility index (Phi) is 4.54. The molecule has 0 spiro atoms. The fourth-order valence-electron chi connectivity index (χ4n) is 2.18. The molecule has 112 valence electrons. The maximum Gasteiger partial charge on any atom is 0.426 e. The summed E-state index contributed by atoms with van der Waals surface area (Å²) in [5.41, 5.74) is -4.95. The van der Waals surface area contributed by atoms with Gasteiger partial charge in [0.15, 0.2) is 0 Å². The molecule has 0 atom stereocenters. The molecule has 0 aromatic carbocycles. The molecule has 1 aliphatic carbocycles. The van der Waals surface area contributed by atoms with Gasteiger partial charge in [-0.3, -0.25) is 4.79 Å². The van der Waals surface area contributed by atoms with Crippen LogP contribution in [0.25, 0.3) is 0 Å². The predicted octanol–water partition coefficient (Wildman–Crippen LogP) is 3.38. The lowest BCUT2D eigenvalue weighted by atomic mass is 9.81. The first kappa shape index (κ1) is 16.3. The highest BCUT2D eigenvalue weighted by molar-refractivity contribution is 5.82. The van der Waals surface area contributed by atoms with Crippen LogP contribution >= 0.6 is 0 Å². The second-order valence-electron chi connectivity index (χ2n) is 4.83. The lowest BCUT2D eigenvalue weighted by molar-refractivity contribution is -0.367. The summed E-state index contributed by atoms with van der Waals surface area (Å²) in [6.07, 6.45) is -11.2. The molecule has 19 heavy (non-hydrogen) atoms. The van der Waals surface area contributed by atoms with E-state index in [9.17, 15) is 31.1 Å². The van der Waals surface area contributed by atoms with Crippen LogP contribution in [0.1, 0.15) is 38.5 Å². The number of ketones is 1. The molecule has 1 fully saturated rings. The van der Waals surface area contributed by atoms with Crippen molar-refractivity contribution in [2.24, 2.45) is 5.92 Å². The SMILES string of the molecule is O=C(CC(O)(C(F)(F)F)C(F)(F)F)C1CCCCC1. The zero-order chi connectivity index (χ0) is 14.9. The molecule has 0 aliphatic heterocycles. The molecule has 1 aliphatic rings. The number of hydrogen-bond acceptors (Lipinski definition) is 2. The standard InChI is InChI=1S/C11H14F6O2/c12-10(13,14)9(19,11(15,16)17)6-8(18)7-4-2-1-3-5-7/h7,19H,1-6H2. The Balaban J connectivity index is 2.87. The van der Waals surface area contributed by atoms with Gasteiger partial charge in [0.25, 0.3) is 5.60 Å². The Hall–Kier alpha value is -0.790. The average Bonchev–Trinajstić information content (AvgIpc) is 2.27. The third-order valence-corrected chi connectivity index (χ3v) is 3.43. The second kappa shape index (κ2) is 5.30. The van der Waals surface area contributed by atoms with Crippen molar-refractivity contribution in [2.75, 3.05) is 0 Å². The van der Waals surface area contributed by atoms with Crippen LogP contribution in [0.4, 0.5) is 26.3 Å². The molecule has 0 heterocycles. The largest absolute Gasteiger partial charge is 0.426 e. The van der Waals surface area contributed by atoms with Gasteiger partial charge in [0.1, 0.15) is 5.78 Å². The van der Waals surface area contributed by atoms with Gasteiger partial charge in [-0.25, -0.2) is 0 Å². The summed E-state index contributed by atoms with van der Waals surface area (Å²) in [7, 11) is 0. The first-order valence-electron chi connectivity index (χ1n) is 5.87. The van der Waals surface area contributed by atoms with Gasteiger partial charge in [0, 0.05) is 5.92 Å². The molecule has 1 rings (SSSR count). The van der Waals surface area contributed by atoms with E-state index in [0.717, 1.165) is 6.42 Å². The fraction of sp³-hybridized carbons (Fsp3) is 0.909. The van der Waals surface area contributed by atoms with Gasteiger partial charge in [-0.05, 0) is 12.8 Å². The number of aliphatic hydroxyl groups is 1. The number of rotatable bonds is 3. The summed E-state index contributed by atoms with van der Waals surface area (Å²) < 4.78 is 74.4. The number of hydrogen-bond donors (Lipinski definition) is 1. The van der Waals surface area contributed by atoms with Crippen molar-refractivity contribution in [1.82, 2.24) is 0 Å². The normalized spacial score (nSPS) is 19.5. The highest BCUT2D eigenvalue weighted by Crippen LogP contribution is 2.46. The molecule has 0 saturated heterocycles. The summed E-state index contributed by atoms with van der Waals surface area (Å²) in [6, 6.07) is 0. The first-order chi connectivity index (χ1) is 8.49. The van der Waals surface area contributed by atoms with E-state index in [-0.39, 0.29) is 12.8 Å². The molecule has 0 unspecified atom stereocenters. The molecular weight excluding hydrogens is 278 g/mol. The predicted molar refractivity (Wildman–Crippen MR) is 53.3 cm³/mol. The molecule has 1 N–H and O–H groups in total. The van der Waals surface area contributed by atoms with Gasteiger partial charge >= 0.3 is 12.4 Å². The monoisotopic (exact) mass is 292 g/mol. The third-order valence-electron chi connectivity index (χ3n) is 3.43. The number of carbonyl (C=O) groups is 1. The molecule has 0 amide bonds. The van der Waals surface area contributed by atoms with Crippen molar-refractivity contribution >= 4 is 5.78 Å². The van der Waals surface area contributed by atoms with E-state index in [2.05, 4.69) is 0 Å². The van der Waals surface area contributed by atoms with Gasteiger partial charge in [0.05, 0.1) is 6.42 Å². The quantitative estimate of drug-likeness (QED) is 0.810. The minimum Gasteiger partial charge on any atom is -0.373 e. The van der Waals surface area contributed by atoms with Crippen LogP contribution in [0.5, 0.6) is 0 Å². The zero-order valence-corrected chi connectivity index (χ0v) is 9.94.